The predicted octanol–water partition coefficient (Wildman–Crippen LogP) is -24.2. The van der Waals surface area contributed by atoms with Gasteiger partial charge in [0.15, 0.2) is 75.3 Å². The van der Waals surface area contributed by atoms with Crippen molar-refractivity contribution in [3.63, 3.8) is 0 Å². The van der Waals surface area contributed by atoms with Gasteiger partial charge >= 0.3 is 13.8 Å². The molecule has 56 atom stereocenters. The van der Waals surface area contributed by atoms with Crippen molar-refractivity contribution in [3.8, 4) is 0 Å². The summed E-state index contributed by atoms with van der Waals surface area (Å²) in [5.74, 6) is -5.99. The molecule has 0 bridgehead atoms. The zero-order valence-electron chi connectivity index (χ0n) is 75.5. The summed E-state index contributed by atoms with van der Waals surface area (Å²) in [6.07, 6.45) is -115. The Morgan fingerprint density at radius 2 is 0.556 bits per heavy atom. The highest BCUT2D eigenvalue weighted by Gasteiger charge is 2.63. The quantitative estimate of drug-likeness (QED) is 0.0253. The van der Waals surface area contributed by atoms with Gasteiger partial charge in [-0.1, -0.05) is 0 Å². The van der Waals surface area contributed by atoms with Crippen LogP contribution in [0, 0.1) is 0 Å². The SMILES string of the molecule is CC(=O)N[C@@H]1[C@@H](O)[C@H](O[C@@H]2O[C@H](CO)[C@@H](O[C@@H]3O[C@H](CO[C@H]4O[C@H](CO[C@H]5O[C@H](CO)[C@@H](O)[C@H](O)[C@@H]5O)[C@@H](O)[C@H](O[C@H]5O[C@H](CO)[C@@H](O)[C@H](O)[C@@H]5O)[C@@H]4O)[C@@H](O)[C@H](O[C@H]4O[C@H](CO)[C@@H](O)[C@H](O)[C@@H]4O[C@@H]4O[C@H](COP(=O)(O)OCCN)[C@@H](O[C@@H]5O[C@H](CO)[C@H](O)[C@H](O[C@@H]6O[C@H](CO)[C@H](O)[C@H](O[C@@H]7O[C@H](C(=O)O)[C@@H](O)[C@H](O)[C@H]7O)[C@H]6O)[C@H]5NC(C)=O)[C@H](O)[C@H]4NC(C)=O)[C@@H]3O)[C@H](O)[C@H]2NC(C)=O)[C@@H](CO)O[C@H]1O. The number of aliphatic hydroxyl groups excluding tert-OH is 29. The fourth-order valence-electron chi connectivity index (χ4n) is 17.7. The molecule has 11 aliphatic rings. The van der Waals surface area contributed by atoms with Crippen molar-refractivity contribution in [2.24, 2.45) is 5.73 Å². The highest BCUT2D eigenvalue weighted by atomic mass is 31.2. The van der Waals surface area contributed by atoms with Crippen LogP contribution >= 0.6 is 7.82 Å². The minimum atomic E-state index is -5.43. The van der Waals surface area contributed by atoms with Gasteiger partial charge in [-0.15, -0.1) is 0 Å². The molecule has 4 amide bonds. The van der Waals surface area contributed by atoms with E-state index in [1.807, 2.05) is 0 Å². The number of rotatable bonds is 40. The highest BCUT2D eigenvalue weighted by Crippen LogP contribution is 2.46. The van der Waals surface area contributed by atoms with Crippen LogP contribution in [0.2, 0.25) is 0 Å². The third-order valence-electron chi connectivity index (χ3n) is 25.1. The first-order chi connectivity index (χ1) is 67.0. The number of carboxylic acids is 1. The highest BCUT2D eigenvalue weighted by molar-refractivity contribution is 7.47. The van der Waals surface area contributed by atoms with E-state index in [2.05, 4.69) is 21.3 Å². The van der Waals surface area contributed by atoms with Crippen molar-refractivity contribution in [2.45, 2.75) is 365 Å². The van der Waals surface area contributed by atoms with Crippen LogP contribution in [0.5, 0.6) is 0 Å². The van der Waals surface area contributed by atoms with E-state index >= 15 is 0 Å². The molecular formula is C76H128N5O60P. The Morgan fingerprint density at radius 1 is 0.268 bits per heavy atom. The standard InChI is InChI=1S/C76H128N5O60P/c1-17(89)78-31-42(100)56(26(12-87)123-66(31)116)133-67-32(79-18(2)90)43(101)57(27(13-88)129-67)135-75-55(113)62(41(99)29(131-75)15-120-71-53(111)61(137-72-51(109)46(104)36(94)22(8-83)126-72)40(98)28(130-71)14-119-70-50(108)45(103)35(93)21(7-82)125-70)139-76-64(48(106)37(95)23(9-84)128-76)141-68-33(80-19(3)91)44(102)58(30(132-68)16-122-142(117,118)121-6-5-77)134-69-34(81-20(4)92)59(38(96)24(10-85)124-69)136-74-54(112)60(39(97)25(11-86)127-74)138-73-52(110)47(105)49(107)63(140-73)65(114)115/h21-64,66-76,82-88,93-113,116H,5-16,77H2,1-4H3,(H,78,89)(H,79,90)(H,80,91)(H,81,92)(H,114,115)(H,117,118)/t21-,22-,23-,24-,25-,26-,27-,28-,29-,30-,31-,32-,33-,34-,35-,36-,37-,38+,39+,40-,41-,42-,43-,44-,45+,46+,47+,48+,49+,50+,51+,52-,53+,54-,55+,56-,57-,58-,59-,60+,61+,62+,63+,64+,66-,67+,68+,69+,70+,71+,72-,73-,74+,75+,76-/m1/s1. The summed E-state index contributed by atoms with van der Waals surface area (Å²) in [6, 6.07) is -8.17. The fraction of sp³-hybridized carbons (Fsp3) is 0.934. The van der Waals surface area contributed by atoms with Crippen LogP contribution in [0.4, 0.5) is 0 Å². The maximum absolute atomic E-state index is 13.6. The lowest BCUT2D eigenvalue weighted by Crippen LogP contribution is -2.71. The van der Waals surface area contributed by atoms with Gasteiger partial charge in [0, 0.05) is 34.2 Å². The summed E-state index contributed by atoms with van der Waals surface area (Å²) in [6.45, 7) is -9.67. The van der Waals surface area contributed by atoms with E-state index in [9.17, 15) is 187 Å². The number of phosphoric ester groups is 1. The molecule has 11 fully saturated rings. The number of carbonyl (C=O) groups is 5. The van der Waals surface area contributed by atoms with E-state index in [0.29, 0.717) is 0 Å². The molecule has 0 aliphatic carbocycles. The Labute approximate surface area is 801 Å². The van der Waals surface area contributed by atoms with Crippen molar-refractivity contribution in [1.82, 2.24) is 21.3 Å². The number of ether oxygens (including phenoxy) is 21. The van der Waals surface area contributed by atoms with Gasteiger partial charge in [-0.05, 0) is 0 Å². The molecule has 0 aromatic carbocycles. The minimum Gasteiger partial charge on any atom is -0.479 e. The molecular weight excluding hydrogens is 1970 g/mol. The van der Waals surface area contributed by atoms with Crippen LogP contribution in [0.25, 0.3) is 0 Å². The number of aliphatic carboxylic acids is 1. The first-order valence-corrected chi connectivity index (χ1v) is 46.1. The normalized spacial score (nSPS) is 48.1. The second-order valence-electron chi connectivity index (χ2n) is 35.1. The van der Waals surface area contributed by atoms with Crippen molar-refractivity contribution in [2.75, 3.05) is 79.2 Å². The number of amides is 4. The van der Waals surface area contributed by atoms with Gasteiger partial charge < -0.3 is 285 Å². The maximum atomic E-state index is 13.6. The lowest BCUT2D eigenvalue weighted by Gasteiger charge is -2.51. The van der Waals surface area contributed by atoms with Gasteiger partial charge in [0.2, 0.25) is 23.6 Å². The maximum Gasteiger partial charge on any atom is 0.472 e. The summed E-state index contributed by atoms with van der Waals surface area (Å²) in [7, 11) is -5.43. The first-order valence-electron chi connectivity index (χ1n) is 44.6. The largest absolute Gasteiger partial charge is 0.479 e. The second-order valence-corrected chi connectivity index (χ2v) is 36.5. The lowest BCUT2D eigenvalue weighted by molar-refractivity contribution is -0.398. The van der Waals surface area contributed by atoms with Gasteiger partial charge in [-0.25, -0.2) is 9.36 Å². The molecule has 0 radical (unpaired) electrons. The van der Waals surface area contributed by atoms with Gasteiger partial charge in [0.05, 0.1) is 72.7 Å². The molecule has 37 N–H and O–H groups in total. The first kappa shape index (κ1) is 118. The van der Waals surface area contributed by atoms with Crippen molar-refractivity contribution < 1.29 is 295 Å². The average Bonchev–Trinajstić information content (AvgIpc) is 0.866. The molecule has 11 rings (SSSR count). The summed E-state index contributed by atoms with van der Waals surface area (Å²) < 4.78 is 148. The van der Waals surface area contributed by atoms with Crippen LogP contribution in [-0.2, 0) is 137 Å². The molecule has 65 nitrogen and oxygen atoms in total. The topological polar surface area (TPSA) is 1020 Å². The zero-order valence-corrected chi connectivity index (χ0v) is 76.4. The third-order valence-corrected chi connectivity index (χ3v) is 26.1. The Kier molecular flexibility index (Phi) is 42.7. The van der Waals surface area contributed by atoms with Crippen molar-refractivity contribution in [3.05, 3.63) is 0 Å². The van der Waals surface area contributed by atoms with Gasteiger partial charge in [-0.3, -0.25) is 28.2 Å². The molecule has 11 heterocycles. The molecule has 0 spiro atoms. The molecule has 0 aromatic heterocycles. The monoisotopic (exact) mass is 2100 g/mol. The van der Waals surface area contributed by atoms with Crippen LogP contribution in [0.15, 0.2) is 0 Å². The van der Waals surface area contributed by atoms with Gasteiger partial charge in [0.1, 0.15) is 262 Å². The summed E-state index contributed by atoms with van der Waals surface area (Å²) in [5, 5.41) is 346. The molecule has 822 valence electrons. The van der Waals surface area contributed by atoms with E-state index in [0.717, 1.165) is 27.7 Å². The van der Waals surface area contributed by atoms with Crippen LogP contribution in [0.1, 0.15) is 27.7 Å². The molecule has 0 aromatic rings. The zero-order chi connectivity index (χ0) is 105. The number of aliphatic hydroxyl groups is 29. The number of hydrogen-bond acceptors (Lipinski definition) is 59. The summed E-state index contributed by atoms with van der Waals surface area (Å²) >= 11 is 0. The van der Waals surface area contributed by atoms with Crippen LogP contribution < -0.4 is 27.0 Å². The smallest absolute Gasteiger partial charge is 0.472 e. The Balaban J connectivity index is 0.943. The molecule has 1 unspecified atom stereocenters. The fourth-order valence-corrected chi connectivity index (χ4v) is 18.4. The van der Waals surface area contributed by atoms with Crippen molar-refractivity contribution in [1.29, 1.82) is 0 Å². The van der Waals surface area contributed by atoms with E-state index in [4.69, 9.17) is 114 Å². The molecule has 66 heteroatoms. The predicted molar refractivity (Wildman–Crippen MR) is 433 cm³/mol. The molecule has 142 heavy (non-hydrogen) atoms. The third kappa shape index (κ3) is 26.8. The molecule has 11 saturated heterocycles. The lowest BCUT2D eigenvalue weighted by atomic mass is 9.93. The number of carbonyl (C=O) groups excluding carboxylic acids is 4. The Bertz CT molecular complexity index is 4010. The number of carboxylic acid groups (broad SMARTS) is 1. The van der Waals surface area contributed by atoms with Gasteiger partial charge in [0.25, 0.3) is 0 Å². The Morgan fingerprint density at radius 3 is 1.01 bits per heavy atom. The van der Waals surface area contributed by atoms with Crippen molar-refractivity contribution >= 4 is 37.4 Å². The number of nitrogens with two attached hydrogens (primary N) is 1. The second kappa shape index (κ2) is 51.5. The molecule has 0 saturated carbocycles. The number of phosphoric acid groups is 1. The Hall–Kier alpha value is -4.58. The van der Waals surface area contributed by atoms with E-state index in [1.54, 1.807) is 0 Å². The van der Waals surface area contributed by atoms with Crippen LogP contribution in [0.3, 0.4) is 0 Å². The minimum absolute atomic E-state index is 0.452. The van der Waals surface area contributed by atoms with E-state index < -0.39 is 454 Å². The molecule has 11 aliphatic heterocycles. The average molecular weight is 2100 g/mol. The van der Waals surface area contributed by atoms with E-state index in [-0.39, 0.29) is 0 Å². The summed E-state index contributed by atoms with van der Waals surface area (Å²) in [5.41, 5.74) is 5.54. The number of nitrogens with one attached hydrogen (secondary N) is 4. The van der Waals surface area contributed by atoms with E-state index in [1.165, 1.54) is 0 Å². The summed E-state index contributed by atoms with van der Waals surface area (Å²) in [4.78, 5) is 75.5. The van der Waals surface area contributed by atoms with Crippen LogP contribution in [-0.4, -0.2) is 604 Å². The number of hydrogen-bond donors (Lipinski definition) is 36. The van der Waals surface area contributed by atoms with Gasteiger partial charge in [-0.2, -0.15) is 0 Å².